The molecule has 8 nitrogen and oxygen atoms in total. The topological polar surface area (TPSA) is 121 Å². The zero-order valence-electron chi connectivity index (χ0n) is 14.5. The molecular formula is C16H21N3O5S. The Bertz CT molecular complexity index is 762. The minimum Gasteiger partial charge on any atom is -0.507 e. The van der Waals surface area contributed by atoms with Gasteiger partial charge in [-0.15, -0.1) is 0 Å². The Morgan fingerprint density at radius 3 is 2.72 bits per heavy atom. The van der Waals surface area contributed by atoms with E-state index in [1.165, 1.54) is 32.0 Å². The Labute approximate surface area is 149 Å². The smallest absolute Gasteiger partial charge is 0.338 e. The third-order valence-corrected chi connectivity index (χ3v) is 4.72. The van der Waals surface area contributed by atoms with Crippen LogP contribution in [-0.2, 0) is 10.5 Å². The average Bonchev–Trinajstić information content (AvgIpc) is 3.03. The lowest BCUT2D eigenvalue weighted by atomic mass is 10.0. The molecule has 1 atom stereocenters. The van der Waals surface area contributed by atoms with Crippen LogP contribution in [0.1, 0.15) is 39.2 Å². The number of ether oxygens (including phenoxy) is 2. The van der Waals surface area contributed by atoms with Gasteiger partial charge in [0.15, 0.2) is 5.82 Å². The molecule has 25 heavy (non-hydrogen) atoms. The van der Waals surface area contributed by atoms with E-state index in [1.54, 1.807) is 13.8 Å². The van der Waals surface area contributed by atoms with Crippen LogP contribution in [0.5, 0.6) is 11.5 Å². The Balaban J connectivity index is 2.18. The number of esters is 1. The van der Waals surface area contributed by atoms with Gasteiger partial charge in [-0.3, -0.25) is 0 Å². The summed E-state index contributed by atoms with van der Waals surface area (Å²) in [7, 11) is 2.77. The lowest BCUT2D eigenvalue weighted by Gasteiger charge is -2.16. The van der Waals surface area contributed by atoms with Gasteiger partial charge in [-0.2, -0.15) is 16.7 Å². The molecular weight excluding hydrogens is 346 g/mol. The van der Waals surface area contributed by atoms with Crippen molar-refractivity contribution in [1.82, 2.24) is 10.1 Å². The molecule has 0 spiro atoms. The first kappa shape index (κ1) is 19.1. The summed E-state index contributed by atoms with van der Waals surface area (Å²) in [5, 5.41) is 14.0. The van der Waals surface area contributed by atoms with Crippen LogP contribution in [0.15, 0.2) is 10.6 Å². The molecule has 1 aromatic heterocycles. The molecule has 0 aliphatic carbocycles. The first-order chi connectivity index (χ1) is 11.9. The van der Waals surface area contributed by atoms with Crippen LogP contribution < -0.4 is 10.5 Å². The van der Waals surface area contributed by atoms with Gasteiger partial charge >= 0.3 is 5.97 Å². The van der Waals surface area contributed by atoms with Gasteiger partial charge in [0.1, 0.15) is 11.5 Å². The number of hydrogen-bond donors (Lipinski definition) is 2. The lowest BCUT2D eigenvalue weighted by Crippen LogP contribution is -2.14. The molecule has 3 N–H and O–H groups in total. The molecule has 0 radical (unpaired) electrons. The number of nitrogens with two attached hydrogens (primary N) is 1. The predicted molar refractivity (Wildman–Crippen MR) is 92.9 cm³/mol. The second-order valence-electron chi connectivity index (χ2n) is 5.37. The molecule has 1 heterocycles. The van der Waals surface area contributed by atoms with Crippen molar-refractivity contribution in [3.63, 3.8) is 0 Å². The summed E-state index contributed by atoms with van der Waals surface area (Å²) >= 11 is 1.44. The number of methoxy groups -OCH3 is 2. The highest BCUT2D eigenvalue weighted by atomic mass is 32.2. The van der Waals surface area contributed by atoms with E-state index >= 15 is 0 Å². The number of aryl methyl sites for hydroxylation is 1. The van der Waals surface area contributed by atoms with Gasteiger partial charge < -0.3 is 24.8 Å². The van der Waals surface area contributed by atoms with Gasteiger partial charge in [0.05, 0.1) is 25.8 Å². The summed E-state index contributed by atoms with van der Waals surface area (Å²) < 4.78 is 15.1. The molecule has 0 saturated heterocycles. The number of hydrogen-bond acceptors (Lipinski definition) is 9. The minimum absolute atomic E-state index is 0.0300. The third kappa shape index (κ3) is 4.23. The van der Waals surface area contributed by atoms with E-state index in [-0.39, 0.29) is 5.75 Å². The molecule has 0 fully saturated rings. The SMILES string of the molecule is COC(=O)c1c(C)c(OC)cc(O)c1CSC[C@H](N)c1nc(C)no1. The summed E-state index contributed by atoms with van der Waals surface area (Å²) in [6.45, 7) is 3.46. The van der Waals surface area contributed by atoms with Gasteiger partial charge in [-0.05, 0) is 13.8 Å². The molecule has 0 aliphatic heterocycles. The monoisotopic (exact) mass is 367 g/mol. The molecule has 0 amide bonds. The molecule has 2 rings (SSSR count). The second kappa shape index (κ2) is 8.21. The van der Waals surface area contributed by atoms with Gasteiger partial charge in [0.25, 0.3) is 0 Å². The van der Waals surface area contributed by atoms with Crippen molar-refractivity contribution in [2.75, 3.05) is 20.0 Å². The maximum atomic E-state index is 12.1. The number of nitrogens with zero attached hydrogens (tertiary/aromatic N) is 2. The van der Waals surface area contributed by atoms with Crippen molar-refractivity contribution in [3.8, 4) is 11.5 Å². The Kier molecular flexibility index (Phi) is 6.27. The number of carbonyl (C=O) groups is 1. The summed E-state index contributed by atoms with van der Waals surface area (Å²) in [5.41, 5.74) is 7.41. The van der Waals surface area contributed by atoms with Crippen LogP contribution >= 0.6 is 11.8 Å². The van der Waals surface area contributed by atoms with E-state index in [2.05, 4.69) is 10.1 Å². The van der Waals surface area contributed by atoms with E-state index in [1.807, 2.05) is 0 Å². The van der Waals surface area contributed by atoms with Crippen molar-refractivity contribution < 1.29 is 23.9 Å². The van der Waals surface area contributed by atoms with Crippen molar-refractivity contribution in [3.05, 3.63) is 34.5 Å². The predicted octanol–water partition coefficient (Wildman–Crippen LogP) is 2.12. The fourth-order valence-electron chi connectivity index (χ4n) is 2.36. The van der Waals surface area contributed by atoms with Crippen molar-refractivity contribution >= 4 is 17.7 Å². The fourth-order valence-corrected chi connectivity index (χ4v) is 3.37. The Morgan fingerprint density at radius 2 is 2.16 bits per heavy atom. The molecule has 0 aliphatic rings. The van der Waals surface area contributed by atoms with Crippen LogP contribution in [0.25, 0.3) is 0 Å². The van der Waals surface area contributed by atoms with Crippen LogP contribution in [0, 0.1) is 13.8 Å². The first-order valence-corrected chi connectivity index (χ1v) is 8.65. The van der Waals surface area contributed by atoms with E-state index in [4.69, 9.17) is 19.7 Å². The summed E-state index contributed by atoms with van der Waals surface area (Å²) in [5.74, 6) is 1.58. The van der Waals surface area contributed by atoms with E-state index in [0.717, 1.165) is 0 Å². The largest absolute Gasteiger partial charge is 0.507 e. The van der Waals surface area contributed by atoms with Crippen LogP contribution in [0.4, 0.5) is 0 Å². The molecule has 0 saturated carbocycles. The minimum atomic E-state index is -0.529. The molecule has 1 aromatic carbocycles. The number of phenols is 1. The number of rotatable bonds is 7. The van der Waals surface area contributed by atoms with Gasteiger partial charge in [0, 0.05) is 28.7 Å². The maximum absolute atomic E-state index is 12.1. The molecule has 9 heteroatoms. The fraction of sp³-hybridized carbons (Fsp3) is 0.438. The number of thioether (sulfide) groups is 1. The van der Waals surface area contributed by atoms with Crippen molar-refractivity contribution in [1.29, 1.82) is 0 Å². The number of carbonyl (C=O) groups excluding carboxylic acids is 1. The number of phenolic OH excluding ortho intramolecular Hbond substituents is 1. The normalized spacial score (nSPS) is 12.0. The maximum Gasteiger partial charge on any atom is 0.338 e. The summed E-state index contributed by atoms with van der Waals surface area (Å²) in [6.07, 6.45) is 0. The summed E-state index contributed by atoms with van der Waals surface area (Å²) in [6, 6.07) is 1.05. The molecule has 2 aromatic rings. The number of benzene rings is 1. The Hall–Kier alpha value is -2.26. The highest BCUT2D eigenvalue weighted by Gasteiger charge is 2.23. The summed E-state index contributed by atoms with van der Waals surface area (Å²) in [4.78, 5) is 16.2. The van der Waals surface area contributed by atoms with Crippen LogP contribution in [-0.4, -0.2) is 41.2 Å². The standard InChI is InChI=1S/C16H21N3O5S/c1-8-13(22-3)5-12(20)10(14(8)16(21)23-4)6-25-7-11(17)15-18-9(2)19-24-15/h5,11,20H,6-7,17H2,1-4H3/t11-/m0/s1. The van der Waals surface area contributed by atoms with Crippen LogP contribution in [0.3, 0.4) is 0 Å². The van der Waals surface area contributed by atoms with Gasteiger partial charge in [0.2, 0.25) is 5.89 Å². The second-order valence-corrected chi connectivity index (χ2v) is 6.40. The quantitative estimate of drug-likeness (QED) is 0.709. The number of aromatic hydroxyl groups is 1. The molecule has 0 unspecified atom stereocenters. The third-order valence-electron chi connectivity index (χ3n) is 3.64. The molecule has 0 bridgehead atoms. The molecule has 136 valence electrons. The highest BCUT2D eigenvalue weighted by molar-refractivity contribution is 7.98. The van der Waals surface area contributed by atoms with Gasteiger partial charge in [-0.25, -0.2) is 4.79 Å². The highest BCUT2D eigenvalue weighted by Crippen LogP contribution is 2.35. The zero-order valence-corrected chi connectivity index (χ0v) is 15.3. The van der Waals surface area contributed by atoms with E-state index < -0.39 is 12.0 Å². The zero-order chi connectivity index (χ0) is 18.6. The lowest BCUT2D eigenvalue weighted by molar-refractivity contribution is 0.0598. The van der Waals surface area contributed by atoms with E-state index in [0.29, 0.717) is 45.7 Å². The Morgan fingerprint density at radius 1 is 1.44 bits per heavy atom. The van der Waals surface area contributed by atoms with E-state index in [9.17, 15) is 9.90 Å². The van der Waals surface area contributed by atoms with Gasteiger partial charge in [-0.1, -0.05) is 5.16 Å². The van der Waals surface area contributed by atoms with Crippen molar-refractivity contribution in [2.45, 2.75) is 25.6 Å². The number of aromatic nitrogens is 2. The first-order valence-electron chi connectivity index (χ1n) is 7.50. The van der Waals surface area contributed by atoms with Crippen molar-refractivity contribution in [2.24, 2.45) is 5.73 Å². The average molecular weight is 367 g/mol. The van der Waals surface area contributed by atoms with Crippen LogP contribution in [0.2, 0.25) is 0 Å².